The van der Waals surface area contributed by atoms with E-state index in [-0.39, 0.29) is 5.69 Å². The molecule has 0 aliphatic carbocycles. The van der Waals surface area contributed by atoms with Crippen LogP contribution in [0.2, 0.25) is 0 Å². The maximum absolute atomic E-state index is 10.6. The van der Waals surface area contributed by atoms with Gasteiger partial charge in [-0.25, -0.2) is 0 Å². The lowest BCUT2D eigenvalue weighted by Crippen LogP contribution is -1.97. The molecule has 1 aromatic carbocycles. The van der Waals surface area contributed by atoms with Crippen LogP contribution >= 0.6 is 11.8 Å². The quantitative estimate of drug-likeness (QED) is 0.499. The van der Waals surface area contributed by atoms with Gasteiger partial charge in [0.1, 0.15) is 0 Å². The smallest absolute Gasteiger partial charge is 0.269 e. The Morgan fingerprint density at radius 3 is 2.70 bits per heavy atom. The Kier molecular flexibility index (Phi) is 4.95. The number of nitro groups is 1. The number of thioether (sulfide) groups is 1. The van der Waals surface area contributed by atoms with Crippen LogP contribution in [-0.4, -0.2) is 16.5 Å². The first kappa shape index (κ1) is 14.3. The van der Waals surface area contributed by atoms with Crippen molar-refractivity contribution in [2.24, 2.45) is 0 Å². The summed E-state index contributed by atoms with van der Waals surface area (Å²) in [5.74, 6) is 0.733. The van der Waals surface area contributed by atoms with E-state index in [2.05, 4.69) is 10.3 Å². The normalized spacial score (nSPS) is 10.2. The summed E-state index contributed by atoms with van der Waals surface area (Å²) >= 11 is 1.61. The molecule has 0 bridgehead atoms. The van der Waals surface area contributed by atoms with Crippen molar-refractivity contribution < 1.29 is 4.92 Å². The average Bonchev–Trinajstić information content (AvgIpc) is 2.46. The highest BCUT2D eigenvalue weighted by molar-refractivity contribution is 7.98. The van der Waals surface area contributed by atoms with Gasteiger partial charge in [-0.1, -0.05) is 0 Å². The number of nitrogens with zero attached hydrogens (tertiary/aromatic N) is 2. The maximum Gasteiger partial charge on any atom is 0.269 e. The molecule has 0 amide bonds. The topological polar surface area (TPSA) is 68.1 Å². The summed E-state index contributed by atoms with van der Waals surface area (Å²) in [5.41, 5.74) is 2.15. The number of hydrogen-bond donors (Lipinski definition) is 1. The van der Waals surface area contributed by atoms with E-state index in [0.717, 1.165) is 28.6 Å². The van der Waals surface area contributed by atoms with Gasteiger partial charge in [0.25, 0.3) is 5.69 Å². The van der Waals surface area contributed by atoms with Crippen molar-refractivity contribution in [3.8, 4) is 0 Å². The van der Waals surface area contributed by atoms with Crippen LogP contribution in [0.3, 0.4) is 0 Å². The van der Waals surface area contributed by atoms with Crippen LogP contribution < -0.4 is 5.32 Å². The lowest BCUT2D eigenvalue weighted by atomic mass is 10.3. The van der Waals surface area contributed by atoms with E-state index in [1.54, 1.807) is 30.1 Å². The number of pyridine rings is 1. The standard InChI is InChI=1S/C14H15N3O2S/c1-2-15-11-7-8-16-12(9-11)10-20-14-5-3-13(4-6-14)17(18)19/h3-9H,2,10H2,1H3,(H,15,16). The van der Waals surface area contributed by atoms with Gasteiger partial charge < -0.3 is 5.32 Å². The Bertz CT molecular complexity index is 587. The third-order valence-electron chi connectivity index (χ3n) is 2.63. The lowest BCUT2D eigenvalue weighted by molar-refractivity contribution is -0.384. The molecular weight excluding hydrogens is 274 g/mol. The van der Waals surface area contributed by atoms with E-state index in [1.165, 1.54) is 12.1 Å². The second-order valence-corrected chi connectivity index (χ2v) is 5.15. The molecule has 0 radical (unpaired) electrons. The number of rotatable bonds is 6. The van der Waals surface area contributed by atoms with Crippen LogP contribution in [0.25, 0.3) is 0 Å². The fourth-order valence-corrected chi connectivity index (χ4v) is 2.49. The molecule has 104 valence electrons. The Morgan fingerprint density at radius 1 is 1.30 bits per heavy atom. The molecule has 0 atom stereocenters. The molecule has 0 saturated heterocycles. The molecule has 0 spiro atoms. The third-order valence-corrected chi connectivity index (χ3v) is 3.68. The minimum atomic E-state index is -0.393. The Labute approximate surface area is 121 Å². The van der Waals surface area contributed by atoms with Gasteiger partial charge in [-0.2, -0.15) is 0 Å². The molecule has 0 fully saturated rings. The SMILES string of the molecule is CCNc1ccnc(CSc2ccc([N+](=O)[O-])cc2)c1. The van der Waals surface area contributed by atoms with Crippen molar-refractivity contribution in [2.45, 2.75) is 17.6 Å². The molecule has 1 aromatic heterocycles. The van der Waals surface area contributed by atoms with Gasteiger partial charge in [0.15, 0.2) is 0 Å². The van der Waals surface area contributed by atoms with Crippen molar-refractivity contribution in [1.82, 2.24) is 4.98 Å². The van der Waals surface area contributed by atoms with E-state index in [9.17, 15) is 10.1 Å². The zero-order valence-electron chi connectivity index (χ0n) is 11.1. The number of anilines is 1. The molecular formula is C14H15N3O2S. The number of nitro benzene ring substituents is 1. The Hall–Kier alpha value is -2.08. The van der Waals surface area contributed by atoms with E-state index in [0.29, 0.717) is 0 Å². The van der Waals surface area contributed by atoms with Crippen LogP contribution in [0.1, 0.15) is 12.6 Å². The molecule has 0 aliphatic rings. The van der Waals surface area contributed by atoms with Crippen LogP contribution in [-0.2, 0) is 5.75 Å². The van der Waals surface area contributed by atoms with Gasteiger partial charge in [0.05, 0.1) is 10.6 Å². The predicted octanol–water partition coefficient (Wildman–Crippen LogP) is 3.71. The first-order valence-corrected chi connectivity index (χ1v) is 7.23. The molecule has 6 heteroatoms. The van der Waals surface area contributed by atoms with Gasteiger partial charge in [0.2, 0.25) is 0 Å². The van der Waals surface area contributed by atoms with Gasteiger partial charge >= 0.3 is 0 Å². The van der Waals surface area contributed by atoms with Crippen molar-refractivity contribution >= 4 is 23.1 Å². The van der Waals surface area contributed by atoms with E-state index < -0.39 is 4.92 Å². The monoisotopic (exact) mass is 289 g/mol. The number of non-ortho nitro benzene ring substituents is 1. The fourth-order valence-electron chi connectivity index (χ4n) is 1.69. The molecule has 0 unspecified atom stereocenters. The van der Waals surface area contributed by atoms with Crippen molar-refractivity contribution in [3.63, 3.8) is 0 Å². The van der Waals surface area contributed by atoms with Crippen LogP contribution in [0.4, 0.5) is 11.4 Å². The highest BCUT2D eigenvalue weighted by Crippen LogP contribution is 2.24. The van der Waals surface area contributed by atoms with Crippen molar-refractivity contribution in [2.75, 3.05) is 11.9 Å². The van der Waals surface area contributed by atoms with Gasteiger partial charge in [0, 0.05) is 41.2 Å². The van der Waals surface area contributed by atoms with Crippen molar-refractivity contribution in [3.05, 3.63) is 58.4 Å². The molecule has 5 nitrogen and oxygen atoms in total. The number of aromatic nitrogens is 1. The summed E-state index contributed by atoms with van der Waals surface area (Å²) in [5, 5.41) is 13.8. The molecule has 0 saturated carbocycles. The molecule has 1 N–H and O–H groups in total. The molecule has 2 rings (SSSR count). The van der Waals surface area contributed by atoms with E-state index >= 15 is 0 Å². The fraction of sp³-hybridized carbons (Fsp3) is 0.214. The number of benzene rings is 1. The van der Waals surface area contributed by atoms with E-state index in [4.69, 9.17) is 0 Å². The largest absolute Gasteiger partial charge is 0.385 e. The minimum absolute atomic E-state index is 0.113. The predicted molar refractivity (Wildman–Crippen MR) is 81.1 cm³/mol. The lowest BCUT2D eigenvalue weighted by Gasteiger charge is -2.05. The molecule has 2 aromatic rings. The Balaban J connectivity index is 1.97. The second kappa shape index (κ2) is 6.91. The summed E-state index contributed by atoms with van der Waals surface area (Å²) in [6, 6.07) is 10.5. The van der Waals surface area contributed by atoms with Crippen LogP contribution in [0, 0.1) is 10.1 Å². The third kappa shape index (κ3) is 3.96. The first-order valence-electron chi connectivity index (χ1n) is 6.25. The van der Waals surface area contributed by atoms with Crippen LogP contribution in [0.15, 0.2) is 47.5 Å². The van der Waals surface area contributed by atoms with Crippen LogP contribution in [0.5, 0.6) is 0 Å². The summed E-state index contributed by atoms with van der Waals surface area (Å²) in [6.07, 6.45) is 1.78. The molecule has 0 aliphatic heterocycles. The zero-order valence-corrected chi connectivity index (χ0v) is 11.9. The van der Waals surface area contributed by atoms with Crippen molar-refractivity contribution in [1.29, 1.82) is 0 Å². The molecule has 20 heavy (non-hydrogen) atoms. The van der Waals surface area contributed by atoms with Gasteiger partial charge in [-0.05, 0) is 31.2 Å². The summed E-state index contributed by atoms with van der Waals surface area (Å²) < 4.78 is 0. The summed E-state index contributed by atoms with van der Waals surface area (Å²) in [7, 11) is 0. The average molecular weight is 289 g/mol. The maximum atomic E-state index is 10.6. The molecule has 1 heterocycles. The number of hydrogen-bond acceptors (Lipinski definition) is 5. The summed E-state index contributed by atoms with van der Waals surface area (Å²) in [4.78, 5) is 15.5. The van der Waals surface area contributed by atoms with Gasteiger partial charge in [-0.15, -0.1) is 11.8 Å². The van der Waals surface area contributed by atoms with E-state index in [1.807, 2.05) is 19.1 Å². The summed E-state index contributed by atoms with van der Waals surface area (Å²) in [6.45, 7) is 2.92. The number of nitrogens with one attached hydrogen (secondary N) is 1. The highest BCUT2D eigenvalue weighted by atomic mass is 32.2. The van der Waals surface area contributed by atoms with Gasteiger partial charge in [-0.3, -0.25) is 15.1 Å². The second-order valence-electron chi connectivity index (χ2n) is 4.11. The zero-order chi connectivity index (χ0) is 14.4. The highest BCUT2D eigenvalue weighted by Gasteiger charge is 2.05. The Morgan fingerprint density at radius 2 is 2.05 bits per heavy atom. The first-order chi connectivity index (χ1) is 9.69. The minimum Gasteiger partial charge on any atom is -0.385 e.